The first kappa shape index (κ1) is 37.3. The Labute approximate surface area is 364 Å². The molecule has 1 aliphatic rings. The molecular weight excluding hydrogens is 747 g/mol. The predicted octanol–water partition coefficient (Wildman–Crippen LogP) is 17.0. The van der Waals surface area contributed by atoms with Crippen molar-refractivity contribution in [3.63, 3.8) is 0 Å². The maximum absolute atomic E-state index is 2.41. The molecule has 0 amide bonds. The summed E-state index contributed by atoms with van der Waals surface area (Å²) in [5.41, 5.74) is 20.8. The summed E-state index contributed by atoms with van der Waals surface area (Å²) in [6.45, 7) is 4.70. The second kappa shape index (κ2) is 15.4. The molecule has 1 heteroatoms. The number of hydrogen-bond acceptors (Lipinski definition) is 1. The van der Waals surface area contributed by atoms with Gasteiger partial charge in [-0.3, -0.25) is 0 Å². The largest absolute Gasteiger partial charge is 0.310 e. The fraction of sp³-hybridized carbons (Fsp3) is 0.0492. The molecule has 1 nitrogen and oxygen atoms in total. The summed E-state index contributed by atoms with van der Waals surface area (Å²) < 4.78 is 0. The fourth-order valence-electron chi connectivity index (χ4n) is 9.70. The number of rotatable bonds is 8. The lowest BCUT2D eigenvalue weighted by atomic mass is 9.81. The molecule has 0 atom stereocenters. The van der Waals surface area contributed by atoms with E-state index < -0.39 is 0 Å². The van der Waals surface area contributed by atoms with Crippen LogP contribution in [-0.2, 0) is 5.41 Å². The Morgan fingerprint density at radius 3 is 1.50 bits per heavy atom. The van der Waals surface area contributed by atoms with E-state index in [2.05, 4.69) is 255 Å². The number of fused-ring (bicyclic) bond motifs is 4. The zero-order valence-corrected chi connectivity index (χ0v) is 35.0. The summed E-state index contributed by atoms with van der Waals surface area (Å²) in [6.07, 6.45) is 0. The van der Waals surface area contributed by atoms with Gasteiger partial charge in [0.2, 0.25) is 0 Å². The smallest absolute Gasteiger partial charge is 0.0467 e. The van der Waals surface area contributed by atoms with E-state index in [1.165, 1.54) is 88.7 Å². The van der Waals surface area contributed by atoms with Crippen LogP contribution in [0.3, 0.4) is 0 Å². The van der Waals surface area contributed by atoms with Gasteiger partial charge in [0.1, 0.15) is 0 Å². The van der Waals surface area contributed by atoms with Gasteiger partial charge in [-0.25, -0.2) is 0 Å². The first-order valence-corrected chi connectivity index (χ1v) is 21.6. The van der Waals surface area contributed by atoms with Crippen LogP contribution >= 0.6 is 0 Å². The molecule has 0 fully saturated rings. The molecule has 11 rings (SSSR count). The number of hydrogen-bond donors (Lipinski definition) is 0. The van der Waals surface area contributed by atoms with Gasteiger partial charge in [0, 0.05) is 22.5 Å². The van der Waals surface area contributed by atoms with Gasteiger partial charge in [0.15, 0.2) is 0 Å². The standard InChI is InChI=1S/C61H45N/c1-61(2)59-28-11-10-26-57(59)58-38-33-47(41-60(58)61)43-31-36-51(37-32-43)62(52-22-13-21-49(40-52)55-25-9-8-24-53(55)44-15-4-3-5-16-44)50-34-29-42(30-35-50)46-19-12-20-48(39-46)56-27-14-18-45-17-6-7-23-54(45)56/h3-41H,1-2H3. The van der Waals surface area contributed by atoms with E-state index in [1.807, 2.05) is 0 Å². The van der Waals surface area contributed by atoms with Crippen LogP contribution in [0.25, 0.3) is 77.5 Å². The van der Waals surface area contributed by atoms with Gasteiger partial charge in [-0.05, 0) is 137 Å². The molecule has 62 heavy (non-hydrogen) atoms. The minimum absolute atomic E-state index is 0.0494. The van der Waals surface area contributed by atoms with E-state index in [0.717, 1.165) is 17.1 Å². The van der Waals surface area contributed by atoms with Crippen molar-refractivity contribution in [2.24, 2.45) is 0 Å². The highest BCUT2D eigenvalue weighted by Crippen LogP contribution is 2.50. The summed E-state index contributed by atoms with van der Waals surface area (Å²) in [6, 6.07) is 86.5. The van der Waals surface area contributed by atoms with Crippen LogP contribution in [-0.4, -0.2) is 0 Å². The SMILES string of the molecule is CC1(C)c2ccccc2-c2ccc(-c3ccc(N(c4ccc(-c5cccc(-c6cccc7ccccc67)c5)cc4)c4cccc(-c5ccccc5-c5ccccc5)c4)cc3)cc21. The van der Waals surface area contributed by atoms with Crippen LogP contribution in [0.1, 0.15) is 25.0 Å². The summed E-state index contributed by atoms with van der Waals surface area (Å²) in [4.78, 5) is 2.39. The molecule has 0 heterocycles. The van der Waals surface area contributed by atoms with E-state index in [1.54, 1.807) is 0 Å². The van der Waals surface area contributed by atoms with Crippen molar-refractivity contribution in [3.05, 3.63) is 248 Å². The molecule has 0 saturated heterocycles. The number of anilines is 3. The highest BCUT2D eigenvalue weighted by atomic mass is 15.1. The third-order valence-electron chi connectivity index (χ3n) is 12.9. The zero-order valence-electron chi connectivity index (χ0n) is 35.0. The molecule has 10 aromatic rings. The van der Waals surface area contributed by atoms with Crippen LogP contribution in [0, 0.1) is 0 Å². The van der Waals surface area contributed by atoms with Crippen LogP contribution in [0.15, 0.2) is 237 Å². The second-order valence-electron chi connectivity index (χ2n) is 16.9. The number of nitrogens with zero attached hydrogens (tertiary/aromatic N) is 1. The first-order valence-electron chi connectivity index (χ1n) is 21.6. The summed E-state index contributed by atoms with van der Waals surface area (Å²) >= 11 is 0. The predicted molar refractivity (Wildman–Crippen MR) is 263 cm³/mol. The van der Waals surface area contributed by atoms with Gasteiger partial charge in [0.05, 0.1) is 0 Å². The fourth-order valence-corrected chi connectivity index (χ4v) is 9.70. The van der Waals surface area contributed by atoms with E-state index in [9.17, 15) is 0 Å². The van der Waals surface area contributed by atoms with Crippen molar-refractivity contribution >= 4 is 27.8 Å². The van der Waals surface area contributed by atoms with Gasteiger partial charge < -0.3 is 4.90 Å². The topological polar surface area (TPSA) is 3.24 Å². The molecule has 0 radical (unpaired) electrons. The van der Waals surface area contributed by atoms with Gasteiger partial charge in [-0.15, -0.1) is 0 Å². The molecule has 0 unspecified atom stereocenters. The van der Waals surface area contributed by atoms with Gasteiger partial charge >= 0.3 is 0 Å². The van der Waals surface area contributed by atoms with Crippen molar-refractivity contribution in [1.29, 1.82) is 0 Å². The molecule has 0 bridgehead atoms. The van der Waals surface area contributed by atoms with Crippen molar-refractivity contribution in [1.82, 2.24) is 0 Å². The molecule has 0 spiro atoms. The van der Waals surface area contributed by atoms with Crippen LogP contribution in [0.5, 0.6) is 0 Å². The lowest BCUT2D eigenvalue weighted by molar-refractivity contribution is 0.660. The molecule has 294 valence electrons. The van der Waals surface area contributed by atoms with Gasteiger partial charge in [-0.1, -0.05) is 202 Å². The maximum Gasteiger partial charge on any atom is 0.0467 e. The summed E-state index contributed by atoms with van der Waals surface area (Å²) in [5, 5.41) is 2.52. The Hall–Kier alpha value is -7.74. The highest BCUT2D eigenvalue weighted by Gasteiger charge is 2.35. The highest BCUT2D eigenvalue weighted by molar-refractivity contribution is 5.97. The minimum Gasteiger partial charge on any atom is -0.310 e. The quantitative estimate of drug-likeness (QED) is 0.148. The van der Waals surface area contributed by atoms with Crippen molar-refractivity contribution < 1.29 is 0 Å². The summed E-state index contributed by atoms with van der Waals surface area (Å²) in [7, 11) is 0. The molecule has 0 aromatic heterocycles. The Morgan fingerprint density at radius 1 is 0.274 bits per heavy atom. The van der Waals surface area contributed by atoms with E-state index >= 15 is 0 Å². The lowest BCUT2D eigenvalue weighted by Crippen LogP contribution is -2.14. The Morgan fingerprint density at radius 2 is 0.758 bits per heavy atom. The molecular formula is C61H45N. The molecule has 0 aliphatic heterocycles. The van der Waals surface area contributed by atoms with E-state index in [0.29, 0.717) is 0 Å². The van der Waals surface area contributed by atoms with Crippen LogP contribution in [0.4, 0.5) is 17.1 Å². The maximum atomic E-state index is 2.41. The van der Waals surface area contributed by atoms with Crippen molar-refractivity contribution in [3.8, 4) is 66.8 Å². The Balaban J connectivity index is 0.980. The minimum atomic E-state index is -0.0494. The third-order valence-corrected chi connectivity index (χ3v) is 12.9. The zero-order chi connectivity index (χ0) is 41.6. The Kier molecular flexibility index (Phi) is 9.24. The molecule has 0 saturated carbocycles. The third kappa shape index (κ3) is 6.60. The monoisotopic (exact) mass is 791 g/mol. The second-order valence-corrected chi connectivity index (χ2v) is 16.9. The van der Waals surface area contributed by atoms with Gasteiger partial charge in [0.25, 0.3) is 0 Å². The summed E-state index contributed by atoms with van der Waals surface area (Å²) in [5.74, 6) is 0. The molecule has 1 aliphatic carbocycles. The molecule has 10 aromatic carbocycles. The normalized spacial score (nSPS) is 12.5. The van der Waals surface area contributed by atoms with Gasteiger partial charge in [-0.2, -0.15) is 0 Å². The first-order chi connectivity index (χ1) is 30.5. The van der Waals surface area contributed by atoms with E-state index in [-0.39, 0.29) is 5.41 Å². The number of benzene rings is 10. The van der Waals surface area contributed by atoms with Crippen LogP contribution in [0.2, 0.25) is 0 Å². The van der Waals surface area contributed by atoms with Crippen molar-refractivity contribution in [2.45, 2.75) is 19.3 Å². The van der Waals surface area contributed by atoms with Crippen LogP contribution < -0.4 is 4.90 Å². The van der Waals surface area contributed by atoms with E-state index in [4.69, 9.17) is 0 Å². The van der Waals surface area contributed by atoms with Crippen molar-refractivity contribution in [2.75, 3.05) is 4.90 Å². The molecule has 0 N–H and O–H groups in total. The average molecular weight is 792 g/mol. The Bertz CT molecular complexity index is 3240. The average Bonchev–Trinajstić information content (AvgIpc) is 3.57. The lowest BCUT2D eigenvalue weighted by Gasteiger charge is -2.27.